The second-order valence-electron chi connectivity index (χ2n) is 6.79. The first-order chi connectivity index (χ1) is 9.96. The average Bonchev–Trinajstić information content (AvgIpc) is 2.62. The molecule has 114 valence electrons. The molecule has 3 heteroatoms. The number of nitrogens with zero attached hydrogens (tertiary/aromatic N) is 3. The molecule has 21 heavy (non-hydrogen) atoms. The van der Waals surface area contributed by atoms with E-state index in [1.807, 2.05) is 13.8 Å². The molecule has 0 fully saturated rings. The molecule has 0 amide bonds. The molecule has 0 saturated heterocycles. The summed E-state index contributed by atoms with van der Waals surface area (Å²) in [5, 5.41) is 9.23. The van der Waals surface area contributed by atoms with Gasteiger partial charge in [0.15, 0.2) is 0 Å². The molecular weight excluding hydrogens is 258 g/mol. The van der Waals surface area contributed by atoms with E-state index >= 15 is 0 Å². The van der Waals surface area contributed by atoms with Gasteiger partial charge in [-0.1, -0.05) is 25.1 Å². The molecule has 0 spiro atoms. The molecule has 0 bridgehead atoms. The van der Waals surface area contributed by atoms with Crippen LogP contribution in [-0.2, 0) is 6.54 Å². The van der Waals surface area contributed by atoms with Gasteiger partial charge in [-0.2, -0.15) is 5.26 Å². The SMILES string of the molecule is CCC1CN(C)c2ccccc2CN1CCC(C)(C)C#N. The topological polar surface area (TPSA) is 30.3 Å². The van der Waals surface area contributed by atoms with Crippen LogP contribution in [0.4, 0.5) is 5.69 Å². The van der Waals surface area contributed by atoms with Crippen molar-refractivity contribution in [2.45, 2.75) is 46.2 Å². The normalized spacial score (nSPS) is 19.8. The minimum atomic E-state index is -0.240. The van der Waals surface area contributed by atoms with E-state index in [2.05, 4.69) is 54.1 Å². The Morgan fingerprint density at radius 3 is 2.71 bits per heavy atom. The van der Waals surface area contributed by atoms with Crippen LogP contribution in [-0.4, -0.2) is 31.1 Å². The predicted molar refractivity (Wildman–Crippen MR) is 88.2 cm³/mol. The molecule has 1 aromatic rings. The number of rotatable bonds is 4. The molecule has 0 aliphatic carbocycles. The summed E-state index contributed by atoms with van der Waals surface area (Å²) in [6.07, 6.45) is 2.07. The summed E-state index contributed by atoms with van der Waals surface area (Å²) in [6.45, 7) is 9.36. The lowest BCUT2D eigenvalue weighted by Crippen LogP contribution is -2.41. The van der Waals surface area contributed by atoms with Crippen molar-refractivity contribution in [1.82, 2.24) is 4.90 Å². The minimum absolute atomic E-state index is 0.240. The van der Waals surface area contributed by atoms with Gasteiger partial charge in [0.1, 0.15) is 0 Å². The van der Waals surface area contributed by atoms with E-state index in [4.69, 9.17) is 0 Å². The molecular formula is C18H27N3. The number of benzene rings is 1. The van der Waals surface area contributed by atoms with Crippen LogP contribution < -0.4 is 4.90 Å². The Balaban J connectivity index is 2.18. The van der Waals surface area contributed by atoms with E-state index in [-0.39, 0.29) is 5.41 Å². The smallest absolute Gasteiger partial charge is 0.0684 e. The lowest BCUT2D eigenvalue weighted by molar-refractivity contribution is 0.172. The lowest BCUT2D eigenvalue weighted by Gasteiger charge is -2.32. The van der Waals surface area contributed by atoms with Crippen molar-refractivity contribution in [3.8, 4) is 6.07 Å². The zero-order valence-electron chi connectivity index (χ0n) is 13.8. The van der Waals surface area contributed by atoms with E-state index in [0.717, 1.165) is 32.5 Å². The van der Waals surface area contributed by atoms with Crippen molar-refractivity contribution in [2.24, 2.45) is 5.41 Å². The summed E-state index contributed by atoms with van der Waals surface area (Å²) in [5.41, 5.74) is 2.50. The minimum Gasteiger partial charge on any atom is -0.373 e. The van der Waals surface area contributed by atoms with E-state index < -0.39 is 0 Å². The van der Waals surface area contributed by atoms with Crippen molar-refractivity contribution < 1.29 is 0 Å². The Morgan fingerprint density at radius 2 is 2.05 bits per heavy atom. The maximum absolute atomic E-state index is 9.23. The third kappa shape index (κ3) is 3.77. The van der Waals surface area contributed by atoms with Gasteiger partial charge in [0.25, 0.3) is 0 Å². The number of nitriles is 1. The third-order valence-corrected chi connectivity index (χ3v) is 4.58. The van der Waals surface area contributed by atoms with Gasteiger partial charge in [-0.3, -0.25) is 4.90 Å². The van der Waals surface area contributed by atoms with Gasteiger partial charge in [-0.15, -0.1) is 0 Å². The van der Waals surface area contributed by atoms with Crippen LogP contribution in [0.2, 0.25) is 0 Å². The van der Waals surface area contributed by atoms with Crippen LogP contribution in [0.15, 0.2) is 24.3 Å². The fourth-order valence-electron chi connectivity index (χ4n) is 3.02. The molecule has 1 aliphatic rings. The zero-order chi connectivity index (χ0) is 15.5. The average molecular weight is 285 g/mol. The monoisotopic (exact) mass is 285 g/mol. The summed E-state index contributed by atoms with van der Waals surface area (Å²) in [6, 6.07) is 11.7. The molecule has 0 aromatic heterocycles. The van der Waals surface area contributed by atoms with E-state index in [9.17, 15) is 5.26 Å². The van der Waals surface area contributed by atoms with Crippen molar-refractivity contribution >= 4 is 5.69 Å². The van der Waals surface area contributed by atoms with Crippen LogP contribution in [0.1, 0.15) is 39.2 Å². The van der Waals surface area contributed by atoms with E-state index in [1.165, 1.54) is 11.3 Å². The first-order valence-electron chi connectivity index (χ1n) is 7.91. The number of anilines is 1. The number of hydrogen-bond acceptors (Lipinski definition) is 3. The number of hydrogen-bond donors (Lipinski definition) is 0. The maximum atomic E-state index is 9.23. The molecule has 0 N–H and O–H groups in total. The molecule has 1 atom stereocenters. The van der Waals surface area contributed by atoms with Gasteiger partial charge in [0, 0.05) is 38.4 Å². The van der Waals surface area contributed by atoms with Crippen molar-refractivity contribution in [3.05, 3.63) is 29.8 Å². The molecule has 0 radical (unpaired) electrons. The number of para-hydroxylation sites is 1. The Kier molecular flexibility index (Phi) is 4.90. The molecule has 1 unspecified atom stereocenters. The maximum Gasteiger partial charge on any atom is 0.0684 e. The molecule has 0 saturated carbocycles. The predicted octanol–water partition coefficient (Wildman–Crippen LogP) is 3.66. The highest BCUT2D eigenvalue weighted by molar-refractivity contribution is 5.54. The van der Waals surface area contributed by atoms with E-state index in [0.29, 0.717) is 6.04 Å². The van der Waals surface area contributed by atoms with Crippen molar-refractivity contribution in [1.29, 1.82) is 5.26 Å². The summed E-state index contributed by atoms with van der Waals surface area (Å²) >= 11 is 0. The summed E-state index contributed by atoms with van der Waals surface area (Å²) in [7, 11) is 2.18. The van der Waals surface area contributed by atoms with Crippen LogP contribution in [0.5, 0.6) is 0 Å². The third-order valence-electron chi connectivity index (χ3n) is 4.58. The molecule has 1 aromatic carbocycles. The zero-order valence-corrected chi connectivity index (χ0v) is 13.8. The standard InChI is InChI=1S/C18H27N3/c1-5-16-13-20(4)17-9-7-6-8-15(17)12-21(16)11-10-18(2,3)14-19/h6-9,16H,5,10-13H2,1-4H3. The van der Waals surface area contributed by atoms with Gasteiger partial charge in [0.05, 0.1) is 11.5 Å². The Morgan fingerprint density at radius 1 is 1.33 bits per heavy atom. The fourth-order valence-corrected chi connectivity index (χ4v) is 3.02. The van der Waals surface area contributed by atoms with Crippen LogP contribution >= 0.6 is 0 Å². The van der Waals surface area contributed by atoms with Crippen LogP contribution in [0.25, 0.3) is 0 Å². The summed E-state index contributed by atoms with van der Waals surface area (Å²) < 4.78 is 0. The largest absolute Gasteiger partial charge is 0.373 e. The highest BCUT2D eigenvalue weighted by atomic mass is 15.2. The molecule has 3 nitrogen and oxygen atoms in total. The Hall–Kier alpha value is -1.53. The van der Waals surface area contributed by atoms with Crippen LogP contribution in [0.3, 0.4) is 0 Å². The first kappa shape index (κ1) is 15.9. The van der Waals surface area contributed by atoms with Gasteiger partial charge in [-0.05, 0) is 38.3 Å². The molecule has 2 rings (SSSR count). The number of fused-ring (bicyclic) bond motifs is 1. The van der Waals surface area contributed by atoms with Gasteiger partial charge >= 0.3 is 0 Å². The highest BCUT2D eigenvalue weighted by Crippen LogP contribution is 2.28. The van der Waals surface area contributed by atoms with Crippen molar-refractivity contribution in [2.75, 3.05) is 25.0 Å². The second kappa shape index (κ2) is 6.49. The molecule has 1 heterocycles. The summed E-state index contributed by atoms with van der Waals surface area (Å²) in [5.74, 6) is 0. The fraction of sp³-hybridized carbons (Fsp3) is 0.611. The van der Waals surface area contributed by atoms with Gasteiger partial charge in [0.2, 0.25) is 0 Å². The Bertz CT molecular complexity index is 515. The first-order valence-corrected chi connectivity index (χ1v) is 7.91. The Labute approximate surface area is 129 Å². The van der Waals surface area contributed by atoms with Crippen LogP contribution in [0, 0.1) is 16.7 Å². The number of likely N-dealkylation sites (N-methyl/N-ethyl adjacent to an activating group) is 1. The van der Waals surface area contributed by atoms with Gasteiger partial charge in [-0.25, -0.2) is 0 Å². The second-order valence-corrected chi connectivity index (χ2v) is 6.79. The highest BCUT2D eigenvalue weighted by Gasteiger charge is 2.27. The quantitative estimate of drug-likeness (QED) is 0.846. The molecule has 1 aliphatic heterocycles. The van der Waals surface area contributed by atoms with E-state index in [1.54, 1.807) is 0 Å². The van der Waals surface area contributed by atoms with Gasteiger partial charge < -0.3 is 4.90 Å². The summed E-state index contributed by atoms with van der Waals surface area (Å²) in [4.78, 5) is 4.93. The van der Waals surface area contributed by atoms with Crippen molar-refractivity contribution in [3.63, 3.8) is 0 Å². The lowest BCUT2D eigenvalue weighted by atomic mass is 9.91.